The van der Waals surface area contributed by atoms with Crippen LogP contribution in [0, 0.1) is 13.8 Å². The number of hydrogen-bond donors (Lipinski definition) is 2. The van der Waals surface area contributed by atoms with E-state index in [0.717, 1.165) is 9.87 Å². The summed E-state index contributed by atoms with van der Waals surface area (Å²) in [5, 5.41) is 13.1. The lowest BCUT2D eigenvalue weighted by Gasteiger charge is -2.25. The first-order valence-corrected chi connectivity index (χ1v) is 11.4. The van der Waals surface area contributed by atoms with Gasteiger partial charge in [0.25, 0.3) is 15.9 Å². The van der Waals surface area contributed by atoms with Gasteiger partial charge in [-0.25, -0.2) is 18.6 Å². The van der Waals surface area contributed by atoms with E-state index in [9.17, 15) is 23.1 Å². The van der Waals surface area contributed by atoms with Gasteiger partial charge < -0.3 is 5.11 Å². The van der Waals surface area contributed by atoms with E-state index in [1.165, 1.54) is 24.4 Å². The molecule has 3 aromatic rings. The fourth-order valence-corrected chi connectivity index (χ4v) is 4.65. The van der Waals surface area contributed by atoms with Crippen molar-refractivity contribution in [3.8, 4) is 0 Å². The van der Waals surface area contributed by atoms with Gasteiger partial charge in [-0.3, -0.25) is 9.10 Å². The van der Waals surface area contributed by atoms with E-state index >= 15 is 0 Å². The molecule has 33 heavy (non-hydrogen) atoms. The van der Waals surface area contributed by atoms with Crippen molar-refractivity contribution >= 4 is 33.8 Å². The minimum Gasteiger partial charge on any atom is -0.478 e. The van der Waals surface area contributed by atoms with Gasteiger partial charge in [0, 0.05) is 5.56 Å². The van der Waals surface area contributed by atoms with Gasteiger partial charge in [0.2, 0.25) is 0 Å². The topological polar surface area (TPSA) is 116 Å². The number of carboxylic acids is 1. The van der Waals surface area contributed by atoms with E-state index < -0.39 is 28.4 Å². The summed E-state index contributed by atoms with van der Waals surface area (Å²) < 4.78 is 27.8. The first-order chi connectivity index (χ1) is 15.7. The monoisotopic (exact) mass is 465 g/mol. The molecule has 0 aliphatic rings. The Morgan fingerprint density at radius 2 is 1.67 bits per heavy atom. The Hall–Kier alpha value is -3.98. The van der Waals surface area contributed by atoms with Gasteiger partial charge in [-0.05, 0) is 49.2 Å². The number of nitrogens with one attached hydrogen (secondary N) is 1. The highest BCUT2D eigenvalue weighted by molar-refractivity contribution is 7.92. The number of carboxylic acid groups (broad SMARTS) is 1. The van der Waals surface area contributed by atoms with Gasteiger partial charge in [-0.1, -0.05) is 48.5 Å². The first kappa shape index (κ1) is 23.7. The van der Waals surface area contributed by atoms with Crippen molar-refractivity contribution in [2.24, 2.45) is 5.10 Å². The first-order valence-electron chi connectivity index (χ1n) is 9.99. The number of nitrogens with zero attached hydrogens (tertiary/aromatic N) is 2. The summed E-state index contributed by atoms with van der Waals surface area (Å²) in [4.78, 5) is 24.0. The molecule has 0 aliphatic carbocycles. The number of anilines is 1. The van der Waals surface area contributed by atoms with Crippen LogP contribution < -0.4 is 9.73 Å². The molecule has 170 valence electrons. The fourth-order valence-electron chi connectivity index (χ4n) is 3.15. The molecule has 3 aromatic carbocycles. The smallest absolute Gasteiger partial charge is 0.336 e. The zero-order chi connectivity index (χ0) is 24.0. The molecule has 0 bridgehead atoms. The SMILES string of the molecule is Cc1ccc(C)c(N(CC(=O)N/N=C\c2ccccc2C(=O)O)S(=O)(=O)c2ccccc2)c1. The van der Waals surface area contributed by atoms with E-state index in [1.807, 2.05) is 13.0 Å². The van der Waals surface area contributed by atoms with Crippen molar-refractivity contribution in [2.75, 3.05) is 10.8 Å². The predicted molar refractivity (Wildman–Crippen MR) is 126 cm³/mol. The maximum absolute atomic E-state index is 13.4. The van der Waals surface area contributed by atoms with Crippen LogP contribution in [0.15, 0.2) is 82.8 Å². The molecule has 0 aromatic heterocycles. The number of aromatic carboxylic acids is 1. The second-order valence-corrected chi connectivity index (χ2v) is 9.16. The third-order valence-corrected chi connectivity index (χ3v) is 6.61. The van der Waals surface area contributed by atoms with E-state index in [2.05, 4.69) is 10.5 Å². The molecule has 0 atom stereocenters. The maximum Gasteiger partial charge on any atom is 0.336 e. The van der Waals surface area contributed by atoms with Gasteiger partial charge >= 0.3 is 5.97 Å². The summed E-state index contributed by atoms with van der Waals surface area (Å²) in [6.07, 6.45) is 1.20. The van der Waals surface area contributed by atoms with Crippen LogP contribution in [0.2, 0.25) is 0 Å². The third kappa shape index (κ3) is 5.64. The summed E-state index contributed by atoms with van der Waals surface area (Å²) >= 11 is 0. The number of amides is 1. The highest BCUT2D eigenvalue weighted by Gasteiger charge is 2.28. The fraction of sp³-hybridized carbons (Fsp3) is 0.125. The van der Waals surface area contributed by atoms with Crippen molar-refractivity contribution in [2.45, 2.75) is 18.7 Å². The van der Waals surface area contributed by atoms with Crippen LogP contribution in [0.1, 0.15) is 27.0 Å². The molecule has 0 saturated carbocycles. The second kappa shape index (κ2) is 10.1. The Bertz CT molecular complexity index is 1300. The van der Waals surface area contributed by atoms with Crippen LogP contribution in [0.5, 0.6) is 0 Å². The molecule has 0 saturated heterocycles. The van der Waals surface area contributed by atoms with Crippen molar-refractivity contribution in [1.29, 1.82) is 0 Å². The molecule has 1 amide bonds. The van der Waals surface area contributed by atoms with Gasteiger partial charge in [-0.15, -0.1) is 0 Å². The minimum atomic E-state index is -4.04. The minimum absolute atomic E-state index is 0.0270. The Kier molecular flexibility index (Phi) is 7.24. The van der Waals surface area contributed by atoms with Gasteiger partial charge in [0.1, 0.15) is 6.54 Å². The van der Waals surface area contributed by atoms with Gasteiger partial charge in [-0.2, -0.15) is 5.10 Å². The molecular formula is C24H23N3O5S. The number of hydrogen-bond acceptors (Lipinski definition) is 5. The summed E-state index contributed by atoms with van der Waals surface area (Å²) in [5.41, 5.74) is 4.52. The lowest BCUT2D eigenvalue weighted by molar-refractivity contribution is -0.119. The molecule has 0 spiro atoms. The summed E-state index contributed by atoms with van der Waals surface area (Å²) in [6.45, 7) is 3.08. The molecule has 0 aliphatic heterocycles. The highest BCUT2D eigenvalue weighted by atomic mass is 32.2. The molecule has 8 nitrogen and oxygen atoms in total. The number of sulfonamides is 1. The van der Waals surface area contributed by atoms with E-state index in [4.69, 9.17) is 0 Å². The predicted octanol–water partition coefficient (Wildman–Crippen LogP) is 3.35. The number of benzene rings is 3. The third-order valence-electron chi connectivity index (χ3n) is 4.84. The van der Waals surface area contributed by atoms with Gasteiger partial charge in [0.15, 0.2) is 0 Å². The van der Waals surface area contributed by atoms with Crippen LogP contribution >= 0.6 is 0 Å². The van der Waals surface area contributed by atoms with Crippen LogP contribution in [-0.2, 0) is 14.8 Å². The van der Waals surface area contributed by atoms with Crippen LogP contribution in [0.25, 0.3) is 0 Å². The zero-order valence-corrected chi connectivity index (χ0v) is 18.9. The number of carbonyl (C=O) groups excluding carboxylic acids is 1. The standard InChI is InChI=1S/C24H23N3O5S/c1-17-12-13-18(2)22(14-17)27(33(31,32)20-9-4-3-5-10-20)16-23(28)26-25-15-19-8-6-7-11-21(19)24(29)30/h3-15H,16H2,1-2H3,(H,26,28)(H,29,30)/b25-15-. The zero-order valence-electron chi connectivity index (χ0n) is 18.1. The van der Waals surface area contributed by atoms with Crippen molar-refractivity contribution in [3.05, 3.63) is 95.1 Å². The second-order valence-electron chi connectivity index (χ2n) is 7.30. The van der Waals surface area contributed by atoms with E-state index in [0.29, 0.717) is 16.8 Å². The molecule has 9 heteroatoms. The molecule has 0 unspecified atom stereocenters. The molecule has 2 N–H and O–H groups in total. The maximum atomic E-state index is 13.4. The Morgan fingerprint density at radius 3 is 2.36 bits per heavy atom. The lowest BCUT2D eigenvalue weighted by Crippen LogP contribution is -2.40. The molecular weight excluding hydrogens is 442 g/mol. The Labute approximate surface area is 192 Å². The molecule has 0 fully saturated rings. The van der Waals surface area contributed by atoms with Crippen LogP contribution in [0.3, 0.4) is 0 Å². The average Bonchev–Trinajstić information content (AvgIpc) is 2.80. The lowest BCUT2D eigenvalue weighted by atomic mass is 10.1. The number of rotatable bonds is 8. The van der Waals surface area contributed by atoms with Crippen LogP contribution in [-0.4, -0.2) is 38.2 Å². The number of hydrazone groups is 1. The summed E-state index contributed by atoms with van der Waals surface area (Å²) in [5.74, 6) is -1.81. The molecule has 3 rings (SSSR count). The highest BCUT2D eigenvalue weighted by Crippen LogP contribution is 2.27. The molecule has 0 heterocycles. The Morgan fingerprint density at radius 1 is 1.00 bits per heavy atom. The Balaban J connectivity index is 1.89. The van der Waals surface area contributed by atoms with Gasteiger partial charge in [0.05, 0.1) is 22.4 Å². The summed E-state index contributed by atoms with van der Waals surface area (Å²) in [7, 11) is -4.04. The van der Waals surface area contributed by atoms with E-state index in [-0.39, 0.29) is 10.5 Å². The quantitative estimate of drug-likeness (QED) is 0.391. The summed E-state index contributed by atoms with van der Waals surface area (Å²) in [6, 6.07) is 19.4. The largest absolute Gasteiger partial charge is 0.478 e. The average molecular weight is 466 g/mol. The number of carbonyl (C=O) groups is 2. The van der Waals surface area contributed by atoms with Crippen LogP contribution in [0.4, 0.5) is 5.69 Å². The van der Waals surface area contributed by atoms with Crippen molar-refractivity contribution < 1.29 is 23.1 Å². The van der Waals surface area contributed by atoms with Crippen molar-refractivity contribution in [3.63, 3.8) is 0 Å². The number of aryl methyl sites for hydroxylation is 2. The van der Waals surface area contributed by atoms with Crippen molar-refractivity contribution in [1.82, 2.24) is 5.43 Å². The van der Waals surface area contributed by atoms with E-state index in [1.54, 1.807) is 55.5 Å². The molecule has 0 radical (unpaired) electrons. The normalized spacial score (nSPS) is 11.3.